The third-order valence-corrected chi connectivity index (χ3v) is 4.11. The third kappa shape index (κ3) is 2.74. The van der Waals surface area contributed by atoms with Crippen molar-refractivity contribution in [2.24, 2.45) is 0 Å². The molecule has 0 atom stereocenters. The Morgan fingerprint density at radius 1 is 1.09 bits per heavy atom. The summed E-state index contributed by atoms with van der Waals surface area (Å²) in [4.78, 5) is 4.64. The minimum atomic E-state index is 0. The molecule has 1 aromatic carbocycles. The molecule has 0 amide bonds. The van der Waals surface area contributed by atoms with E-state index in [0.29, 0.717) is 6.61 Å². The Balaban J connectivity index is 0.00000176. The maximum absolute atomic E-state index is 5.26. The summed E-state index contributed by atoms with van der Waals surface area (Å²) in [6, 6.07) is 12.5. The van der Waals surface area contributed by atoms with Crippen molar-refractivity contribution in [1.82, 2.24) is 9.55 Å². The van der Waals surface area contributed by atoms with E-state index in [2.05, 4.69) is 53.7 Å². The topological polar surface area (TPSA) is 27.1 Å². The zero-order valence-electron chi connectivity index (χ0n) is 13.2. The van der Waals surface area contributed by atoms with E-state index in [0.717, 1.165) is 17.8 Å². The molecule has 3 aromatic rings. The second kappa shape index (κ2) is 6.95. The second-order valence-corrected chi connectivity index (χ2v) is 5.28. The molecule has 0 radical (unpaired) electrons. The lowest BCUT2D eigenvalue weighted by Gasteiger charge is -2.10. The molecule has 4 heteroatoms. The molecule has 0 spiro atoms. The van der Waals surface area contributed by atoms with Gasteiger partial charge in [-0.1, -0.05) is 30.3 Å². The van der Waals surface area contributed by atoms with Crippen LogP contribution in [0.3, 0.4) is 0 Å². The monoisotopic (exact) mass is 316 g/mol. The van der Waals surface area contributed by atoms with Gasteiger partial charge in [0.05, 0.1) is 17.8 Å². The van der Waals surface area contributed by atoms with Gasteiger partial charge in [-0.2, -0.15) is 0 Å². The molecule has 3 nitrogen and oxygen atoms in total. The van der Waals surface area contributed by atoms with E-state index in [1.807, 2.05) is 12.3 Å². The Kier molecular flexibility index (Phi) is 5.22. The highest BCUT2D eigenvalue weighted by molar-refractivity contribution is 5.95. The molecule has 22 heavy (non-hydrogen) atoms. The van der Waals surface area contributed by atoms with Crippen molar-refractivity contribution in [3.63, 3.8) is 0 Å². The molecule has 0 unspecified atom stereocenters. The molecular formula is C18H21ClN2O. The number of rotatable bonds is 4. The van der Waals surface area contributed by atoms with Crippen LogP contribution in [-0.2, 0) is 11.3 Å². The zero-order valence-corrected chi connectivity index (χ0v) is 14.0. The highest BCUT2D eigenvalue weighted by Gasteiger charge is 2.15. The number of nitrogens with zero attached hydrogens (tertiary/aromatic N) is 2. The summed E-state index contributed by atoms with van der Waals surface area (Å²) in [7, 11) is 1.74. The first kappa shape index (κ1) is 16.5. The summed E-state index contributed by atoms with van der Waals surface area (Å²) in [5.74, 6) is 0. The highest BCUT2D eigenvalue weighted by Crippen LogP contribution is 2.32. The van der Waals surface area contributed by atoms with Crippen LogP contribution in [0.5, 0.6) is 0 Å². The first-order valence-electron chi connectivity index (χ1n) is 7.22. The van der Waals surface area contributed by atoms with E-state index in [1.54, 1.807) is 7.11 Å². The summed E-state index contributed by atoms with van der Waals surface area (Å²) in [6.45, 7) is 5.89. The third-order valence-electron chi connectivity index (χ3n) is 4.11. The van der Waals surface area contributed by atoms with Crippen LogP contribution in [0.15, 0.2) is 42.6 Å². The van der Waals surface area contributed by atoms with Gasteiger partial charge in [0.1, 0.15) is 0 Å². The van der Waals surface area contributed by atoms with Crippen LogP contribution in [-0.4, -0.2) is 23.3 Å². The minimum absolute atomic E-state index is 0. The molecule has 0 fully saturated rings. The van der Waals surface area contributed by atoms with Gasteiger partial charge >= 0.3 is 0 Å². The molecule has 2 heterocycles. The van der Waals surface area contributed by atoms with E-state index in [-0.39, 0.29) is 12.4 Å². The maximum Gasteiger partial charge on any atom is 0.0944 e. The molecule has 0 saturated carbocycles. The lowest BCUT2D eigenvalue weighted by atomic mass is 10.1. The first-order chi connectivity index (χ1) is 10.2. The van der Waals surface area contributed by atoms with E-state index < -0.39 is 0 Å². The van der Waals surface area contributed by atoms with Crippen LogP contribution >= 0.6 is 12.4 Å². The van der Waals surface area contributed by atoms with Crippen LogP contribution in [0.4, 0.5) is 0 Å². The Bertz CT molecular complexity index is 766. The van der Waals surface area contributed by atoms with Gasteiger partial charge in [0, 0.05) is 36.5 Å². The van der Waals surface area contributed by atoms with Crippen LogP contribution in [0, 0.1) is 13.8 Å². The molecule has 0 aliphatic carbocycles. The Labute approximate surface area is 137 Å². The van der Waals surface area contributed by atoms with Gasteiger partial charge < -0.3 is 9.30 Å². The lowest BCUT2D eigenvalue weighted by molar-refractivity contribution is 0.188. The number of halogens is 1. The van der Waals surface area contributed by atoms with Gasteiger partial charge in [-0.3, -0.25) is 4.98 Å². The predicted molar refractivity (Wildman–Crippen MR) is 93.8 cm³/mol. The number of aryl methyl sites for hydroxylation is 1. The quantitative estimate of drug-likeness (QED) is 0.714. The fourth-order valence-electron chi connectivity index (χ4n) is 2.86. The average molecular weight is 317 g/mol. The summed E-state index contributed by atoms with van der Waals surface area (Å²) in [5.41, 5.74) is 6.00. The molecule has 0 aliphatic rings. The normalized spacial score (nSPS) is 10.7. The number of hydrogen-bond acceptors (Lipinski definition) is 2. The molecule has 2 aromatic heterocycles. The van der Waals surface area contributed by atoms with Gasteiger partial charge in [0.25, 0.3) is 0 Å². The molecule has 0 bridgehead atoms. The van der Waals surface area contributed by atoms with Crippen molar-refractivity contribution in [3.05, 3.63) is 53.9 Å². The van der Waals surface area contributed by atoms with Crippen molar-refractivity contribution in [2.75, 3.05) is 13.7 Å². The standard InChI is InChI=1S/C18H20N2O.ClH/c1-13-14(2)20(11-12-21-3)18-16(13)9-10-19-17(18)15-7-5-4-6-8-15;/h4-10H,11-12H2,1-3H3;1H. The molecule has 3 rings (SSSR count). The van der Waals surface area contributed by atoms with E-state index >= 15 is 0 Å². The number of methoxy groups -OCH3 is 1. The van der Waals surface area contributed by atoms with Crippen LogP contribution in [0.25, 0.3) is 22.2 Å². The summed E-state index contributed by atoms with van der Waals surface area (Å²) in [5, 5.41) is 1.28. The first-order valence-corrected chi connectivity index (χ1v) is 7.22. The maximum atomic E-state index is 5.26. The van der Waals surface area contributed by atoms with Crippen molar-refractivity contribution >= 4 is 23.3 Å². The molecule has 0 saturated heterocycles. The molecule has 116 valence electrons. The number of hydrogen-bond donors (Lipinski definition) is 0. The Morgan fingerprint density at radius 3 is 2.50 bits per heavy atom. The predicted octanol–water partition coefficient (Wildman–Crippen LogP) is 4.39. The molecule has 0 aliphatic heterocycles. The van der Waals surface area contributed by atoms with E-state index in [1.165, 1.54) is 22.2 Å². The largest absolute Gasteiger partial charge is 0.383 e. The van der Waals surface area contributed by atoms with E-state index in [4.69, 9.17) is 4.74 Å². The number of ether oxygens (including phenoxy) is 1. The SMILES string of the molecule is COCCn1c(C)c(C)c2ccnc(-c3ccccc3)c21.Cl. The van der Waals surface area contributed by atoms with Crippen LogP contribution in [0.2, 0.25) is 0 Å². The average Bonchev–Trinajstić information content (AvgIpc) is 2.78. The fraction of sp³-hybridized carbons (Fsp3) is 0.278. The van der Waals surface area contributed by atoms with Crippen molar-refractivity contribution in [1.29, 1.82) is 0 Å². The van der Waals surface area contributed by atoms with Gasteiger partial charge in [-0.15, -0.1) is 12.4 Å². The van der Waals surface area contributed by atoms with Gasteiger partial charge in [-0.25, -0.2) is 0 Å². The molecular weight excluding hydrogens is 296 g/mol. The van der Waals surface area contributed by atoms with Crippen molar-refractivity contribution in [2.45, 2.75) is 20.4 Å². The number of aromatic nitrogens is 2. The zero-order chi connectivity index (χ0) is 14.8. The number of benzene rings is 1. The smallest absolute Gasteiger partial charge is 0.0944 e. The van der Waals surface area contributed by atoms with Crippen molar-refractivity contribution in [3.8, 4) is 11.3 Å². The molecule has 0 N–H and O–H groups in total. The van der Waals surface area contributed by atoms with Crippen LogP contribution < -0.4 is 0 Å². The number of pyridine rings is 1. The second-order valence-electron chi connectivity index (χ2n) is 5.28. The van der Waals surface area contributed by atoms with Gasteiger partial charge in [0.15, 0.2) is 0 Å². The van der Waals surface area contributed by atoms with Gasteiger partial charge in [0.2, 0.25) is 0 Å². The van der Waals surface area contributed by atoms with Crippen molar-refractivity contribution < 1.29 is 4.74 Å². The minimum Gasteiger partial charge on any atom is -0.383 e. The van der Waals surface area contributed by atoms with Gasteiger partial charge in [-0.05, 0) is 25.5 Å². The van der Waals surface area contributed by atoms with Crippen LogP contribution in [0.1, 0.15) is 11.3 Å². The van der Waals surface area contributed by atoms with E-state index in [9.17, 15) is 0 Å². The number of fused-ring (bicyclic) bond motifs is 1. The Hall–Kier alpha value is -1.84. The summed E-state index contributed by atoms with van der Waals surface area (Å²) >= 11 is 0. The summed E-state index contributed by atoms with van der Waals surface area (Å²) < 4.78 is 7.59. The fourth-order valence-corrected chi connectivity index (χ4v) is 2.86. The summed E-state index contributed by atoms with van der Waals surface area (Å²) in [6.07, 6.45) is 1.90. The highest BCUT2D eigenvalue weighted by atomic mass is 35.5. The Morgan fingerprint density at radius 2 is 1.82 bits per heavy atom. The lowest BCUT2D eigenvalue weighted by Crippen LogP contribution is -2.06.